The summed E-state index contributed by atoms with van der Waals surface area (Å²) < 4.78 is 0. The minimum Gasteiger partial charge on any atom is -0.322 e. The van der Waals surface area contributed by atoms with Gasteiger partial charge in [0.25, 0.3) is 23.4 Å². The van der Waals surface area contributed by atoms with Crippen molar-refractivity contribution in [3.63, 3.8) is 0 Å². The largest absolute Gasteiger partial charge is 0.322 e. The van der Waals surface area contributed by atoms with Crippen LogP contribution in [-0.4, -0.2) is 22.6 Å². The maximum Gasteiger partial charge on any atom is 0.292 e. The molecule has 5 aromatic carbocycles. The molecular formula is C33H26N5O4+. The van der Waals surface area contributed by atoms with E-state index in [4.69, 9.17) is 0 Å². The predicted octanol–water partition coefficient (Wildman–Crippen LogP) is 6.88. The maximum absolute atomic E-state index is 12.7. The quantitative estimate of drug-likeness (QED) is 0.117. The van der Waals surface area contributed by atoms with Crippen LogP contribution in [0.25, 0.3) is 0 Å². The van der Waals surface area contributed by atoms with Crippen molar-refractivity contribution in [2.45, 2.75) is 0 Å². The number of benzene rings is 5. The van der Waals surface area contributed by atoms with Crippen molar-refractivity contribution in [1.82, 2.24) is 0 Å². The Labute approximate surface area is 241 Å². The highest BCUT2D eigenvalue weighted by Crippen LogP contribution is 2.20. The Kier molecular flexibility index (Phi) is 8.40. The van der Waals surface area contributed by atoms with E-state index in [-0.39, 0.29) is 17.7 Å². The van der Waals surface area contributed by atoms with Crippen LogP contribution in [0, 0.1) is 4.91 Å². The van der Waals surface area contributed by atoms with Gasteiger partial charge in [-0.2, -0.15) is 0 Å². The molecule has 0 aliphatic carbocycles. The third-order valence-electron chi connectivity index (χ3n) is 6.21. The monoisotopic (exact) mass is 556 g/mol. The van der Waals surface area contributed by atoms with E-state index in [1.807, 2.05) is 12.1 Å². The summed E-state index contributed by atoms with van der Waals surface area (Å²) in [6.45, 7) is 0. The molecule has 0 bridgehead atoms. The Morgan fingerprint density at radius 1 is 0.405 bits per heavy atom. The van der Waals surface area contributed by atoms with E-state index in [1.165, 1.54) is 12.1 Å². The first-order chi connectivity index (χ1) is 20.4. The van der Waals surface area contributed by atoms with Crippen LogP contribution in [0.2, 0.25) is 0 Å². The van der Waals surface area contributed by atoms with Crippen molar-refractivity contribution < 1.29 is 19.3 Å². The molecule has 0 fully saturated rings. The van der Waals surface area contributed by atoms with E-state index in [2.05, 4.69) is 21.4 Å². The number of nitrogens with zero attached hydrogens (tertiary/aromatic N) is 1. The molecular weight excluding hydrogens is 530 g/mol. The van der Waals surface area contributed by atoms with Crippen LogP contribution in [0.5, 0.6) is 0 Å². The second-order valence-corrected chi connectivity index (χ2v) is 9.20. The molecule has 0 unspecified atom stereocenters. The summed E-state index contributed by atoms with van der Waals surface area (Å²) in [6.07, 6.45) is 0. The van der Waals surface area contributed by atoms with E-state index in [0.29, 0.717) is 50.0 Å². The van der Waals surface area contributed by atoms with Crippen molar-refractivity contribution in [1.29, 1.82) is 0 Å². The standard InChI is InChI=1S/C33H25N5O4/c39-31(23-7-3-1-4-8-23)34-26-13-15-27(16-14-26)36-33(41)25-11-21-30(22-12-25)38(42)37-29-19-17-28(18-20-29)35-32(40)24-9-5-2-6-10-24/h1-22H,(H3-,34,35,36,37,39,40,41,42)/p+1. The van der Waals surface area contributed by atoms with Gasteiger partial charge in [0.15, 0.2) is 4.87 Å². The van der Waals surface area contributed by atoms with E-state index in [1.54, 1.807) is 109 Å². The highest BCUT2D eigenvalue weighted by molar-refractivity contribution is 6.06. The van der Waals surface area contributed by atoms with Gasteiger partial charge in [0.1, 0.15) is 5.69 Å². The van der Waals surface area contributed by atoms with Gasteiger partial charge in [0.2, 0.25) is 0 Å². The van der Waals surface area contributed by atoms with Crippen LogP contribution in [0.3, 0.4) is 0 Å². The van der Waals surface area contributed by atoms with Crippen LogP contribution in [0.1, 0.15) is 31.1 Å². The summed E-state index contributed by atoms with van der Waals surface area (Å²) >= 11 is 0. The Hall–Kier alpha value is -6.09. The molecule has 5 rings (SSSR count). The lowest BCUT2D eigenvalue weighted by molar-refractivity contribution is -0.427. The molecule has 0 spiro atoms. The lowest BCUT2D eigenvalue weighted by atomic mass is 10.2. The fourth-order valence-corrected chi connectivity index (χ4v) is 3.98. The number of hydrazine groups is 1. The van der Waals surface area contributed by atoms with Crippen LogP contribution >= 0.6 is 0 Å². The van der Waals surface area contributed by atoms with Crippen molar-refractivity contribution in [3.05, 3.63) is 155 Å². The van der Waals surface area contributed by atoms with E-state index in [9.17, 15) is 19.3 Å². The number of hydrogen-bond acceptors (Lipinski definition) is 4. The summed E-state index contributed by atoms with van der Waals surface area (Å²) in [7, 11) is 0. The molecule has 0 aliphatic rings. The third-order valence-corrected chi connectivity index (χ3v) is 6.21. The van der Waals surface area contributed by atoms with Crippen molar-refractivity contribution in [3.8, 4) is 0 Å². The smallest absolute Gasteiger partial charge is 0.292 e. The summed E-state index contributed by atoms with van der Waals surface area (Å²) in [4.78, 5) is 50.6. The Balaban J connectivity index is 1.12. The molecule has 5 aromatic rings. The molecule has 0 aromatic heterocycles. The van der Waals surface area contributed by atoms with Crippen molar-refractivity contribution in [2.24, 2.45) is 0 Å². The fraction of sp³-hybridized carbons (Fsp3) is 0. The van der Waals surface area contributed by atoms with Gasteiger partial charge in [0, 0.05) is 45.9 Å². The molecule has 9 nitrogen and oxygen atoms in total. The van der Waals surface area contributed by atoms with Crippen LogP contribution in [-0.2, 0) is 0 Å². The molecule has 9 heteroatoms. The highest BCUT2D eigenvalue weighted by atomic mass is 16.3. The second-order valence-electron chi connectivity index (χ2n) is 9.20. The predicted molar refractivity (Wildman–Crippen MR) is 163 cm³/mol. The van der Waals surface area contributed by atoms with Crippen LogP contribution in [0.4, 0.5) is 28.4 Å². The van der Waals surface area contributed by atoms with Crippen LogP contribution < -0.4 is 21.4 Å². The molecule has 0 atom stereocenters. The Morgan fingerprint density at radius 2 is 0.738 bits per heavy atom. The van der Waals surface area contributed by atoms with Gasteiger partial charge >= 0.3 is 0 Å². The zero-order chi connectivity index (χ0) is 29.3. The number of carbonyl (C=O) groups excluding carboxylic acids is 3. The van der Waals surface area contributed by atoms with Crippen LogP contribution in [0.15, 0.2) is 133 Å². The molecule has 4 N–H and O–H groups in total. The number of nitrogens with one attached hydrogen (secondary N) is 4. The molecule has 0 saturated carbocycles. The average Bonchev–Trinajstić information content (AvgIpc) is 3.03. The topological polar surface area (TPSA) is 119 Å². The first kappa shape index (κ1) is 27.5. The number of anilines is 4. The number of nitroso groups, excluding NO2 is 1. The minimum atomic E-state index is -0.346. The number of rotatable bonds is 9. The van der Waals surface area contributed by atoms with E-state index in [0.717, 1.165) is 0 Å². The van der Waals surface area contributed by atoms with Gasteiger partial charge in [-0.15, -0.1) is 5.43 Å². The summed E-state index contributed by atoms with van der Waals surface area (Å²) in [5.74, 6) is -0.796. The Bertz CT molecular complexity index is 1580. The molecule has 0 heterocycles. The van der Waals surface area contributed by atoms with Gasteiger partial charge in [-0.3, -0.25) is 14.4 Å². The molecule has 0 radical (unpaired) electrons. The maximum atomic E-state index is 12.7. The van der Waals surface area contributed by atoms with Crippen molar-refractivity contribution >= 4 is 46.2 Å². The van der Waals surface area contributed by atoms with Gasteiger partial charge in [-0.25, -0.2) is 0 Å². The molecule has 42 heavy (non-hydrogen) atoms. The SMILES string of the molecule is O=C(Nc1ccc(NC(=O)c2ccc([N+](=O)Nc3ccc(NC(=O)c4ccccc4)cc3)cc2)cc1)c1ccccc1. The highest BCUT2D eigenvalue weighted by Gasteiger charge is 2.16. The zero-order valence-electron chi connectivity index (χ0n) is 22.3. The fourth-order valence-electron chi connectivity index (χ4n) is 3.98. The normalized spacial score (nSPS) is 10.3. The third kappa shape index (κ3) is 7.10. The zero-order valence-corrected chi connectivity index (χ0v) is 22.3. The Morgan fingerprint density at radius 3 is 1.12 bits per heavy atom. The number of carbonyl (C=O) groups is 3. The molecule has 0 saturated heterocycles. The lowest BCUT2D eigenvalue weighted by Gasteiger charge is -2.08. The van der Waals surface area contributed by atoms with Crippen molar-refractivity contribution in [2.75, 3.05) is 21.4 Å². The number of hydrogen-bond donors (Lipinski definition) is 4. The summed E-state index contributed by atoms with van der Waals surface area (Å²) in [5, 5.41) is 8.42. The van der Waals surface area contributed by atoms with E-state index < -0.39 is 0 Å². The summed E-state index contributed by atoms with van der Waals surface area (Å²) in [6, 6.07) is 37.4. The number of amides is 3. The van der Waals surface area contributed by atoms with Gasteiger partial charge in [-0.1, -0.05) is 36.4 Å². The summed E-state index contributed by atoms with van der Waals surface area (Å²) in [5.41, 5.74) is 6.75. The molecule has 206 valence electrons. The van der Waals surface area contributed by atoms with Gasteiger partial charge < -0.3 is 16.0 Å². The molecule has 0 aliphatic heterocycles. The second kappa shape index (κ2) is 12.8. The minimum absolute atomic E-state index is 0.223. The van der Waals surface area contributed by atoms with E-state index >= 15 is 0 Å². The first-order valence-electron chi connectivity index (χ1n) is 13.0. The van der Waals surface area contributed by atoms with Gasteiger partial charge in [0.05, 0.1) is 4.91 Å². The van der Waals surface area contributed by atoms with Gasteiger partial charge in [-0.05, 0) is 84.9 Å². The average molecular weight is 557 g/mol. The first-order valence-corrected chi connectivity index (χ1v) is 13.0. The lowest BCUT2D eigenvalue weighted by Crippen LogP contribution is -2.14. The molecule has 3 amide bonds.